The van der Waals surface area contributed by atoms with Gasteiger partial charge in [-0.15, -0.1) is 11.8 Å². The van der Waals surface area contributed by atoms with E-state index >= 15 is 0 Å². The van der Waals surface area contributed by atoms with Gasteiger partial charge in [-0.25, -0.2) is 4.79 Å². The zero-order chi connectivity index (χ0) is 21.3. The van der Waals surface area contributed by atoms with Crippen molar-refractivity contribution in [1.82, 2.24) is 25.3 Å². The van der Waals surface area contributed by atoms with Crippen molar-refractivity contribution in [2.75, 3.05) is 46.6 Å². The average Bonchev–Trinajstić information content (AvgIpc) is 3.29. The number of imide groups is 1. The van der Waals surface area contributed by atoms with Crippen molar-refractivity contribution >= 4 is 23.7 Å². The Kier molecular flexibility index (Phi) is 6.52. The molecule has 3 aliphatic rings. The number of hydrogen-bond donors (Lipinski definition) is 2. The number of nitrogens with zero attached hydrogens (tertiary/aromatic N) is 3. The van der Waals surface area contributed by atoms with Gasteiger partial charge >= 0.3 is 6.03 Å². The molecule has 3 saturated heterocycles. The highest BCUT2D eigenvalue weighted by Crippen LogP contribution is 2.36. The smallest absolute Gasteiger partial charge is 0.327 e. The number of ether oxygens (including phenoxy) is 1. The van der Waals surface area contributed by atoms with E-state index in [-0.39, 0.29) is 35.6 Å². The zero-order valence-corrected chi connectivity index (χ0v) is 18.7. The first kappa shape index (κ1) is 21.4. The summed E-state index contributed by atoms with van der Waals surface area (Å²) in [6.45, 7) is 3.34. The maximum absolute atomic E-state index is 13.1. The lowest BCUT2D eigenvalue weighted by molar-refractivity contribution is -0.140. The van der Waals surface area contributed by atoms with Crippen LogP contribution in [-0.2, 0) is 4.79 Å². The zero-order valence-electron chi connectivity index (χ0n) is 17.8. The molecule has 3 amide bonds. The minimum absolute atomic E-state index is 0.112. The van der Waals surface area contributed by atoms with Gasteiger partial charge in [-0.1, -0.05) is 18.2 Å². The molecule has 164 valence electrons. The van der Waals surface area contributed by atoms with Gasteiger partial charge in [-0.05, 0) is 32.0 Å². The summed E-state index contributed by atoms with van der Waals surface area (Å²) in [5, 5.41) is 6.99. The molecule has 4 rings (SSSR count). The lowest BCUT2D eigenvalue weighted by atomic mass is 9.95. The molecule has 2 N–H and O–H groups in total. The number of rotatable bonds is 6. The molecule has 4 atom stereocenters. The van der Waals surface area contributed by atoms with Gasteiger partial charge in [-0.3, -0.25) is 20.3 Å². The van der Waals surface area contributed by atoms with Crippen molar-refractivity contribution in [2.24, 2.45) is 5.92 Å². The second-order valence-electron chi connectivity index (χ2n) is 8.11. The molecule has 3 fully saturated rings. The van der Waals surface area contributed by atoms with Gasteiger partial charge in [0.2, 0.25) is 5.91 Å². The number of amides is 3. The predicted molar refractivity (Wildman–Crippen MR) is 117 cm³/mol. The maximum Gasteiger partial charge on any atom is 0.327 e. The van der Waals surface area contributed by atoms with Gasteiger partial charge in [0, 0.05) is 32.0 Å². The van der Waals surface area contributed by atoms with Gasteiger partial charge in [0.25, 0.3) is 0 Å². The molecule has 0 spiro atoms. The molecular weight excluding hydrogens is 402 g/mol. The molecule has 1 aromatic carbocycles. The third-order valence-electron chi connectivity index (χ3n) is 6.31. The van der Waals surface area contributed by atoms with Crippen LogP contribution in [0.2, 0.25) is 0 Å². The lowest BCUT2D eigenvalue weighted by Crippen LogP contribution is -2.72. The third-order valence-corrected chi connectivity index (χ3v) is 7.52. The lowest BCUT2D eigenvalue weighted by Gasteiger charge is -2.50. The number of carbonyl (C=O) groups excluding carboxylic acids is 2. The van der Waals surface area contributed by atoms with Crippen molar-refractivity contribution < 1.29 is 14.3 Å². The van der Waals surface area contributed by atoms with E-state index in [9.17, 15) is 9.59 Å². The molecule has 0 radical (unpaired) electrons. The van der Waals surface area contributed by atoms with Crippen molar-refractivity contribution in [2.45, 2.75) is 30.5 Å². The number of para-hydroxylation sites is 1. The Bertz CT molecular complexity index is 788. The Hall–Kier alpha value is -1.81. The molecular formula is C21H31N5O3S. The molecule has 3 heterocycles. The first-order valence-electron chi connectivity index (χ1n) is 10.5. The number of benzene rings is 1. The van der Waals surface area contributed by atoms with Crippen LogP contribution in [0.3, 0.4) is 0 Å². The van der Waals surface area contributed by atoms with Gasteiger partial charge in [0.1, 0.15) is 5.75 Å². The van der Waals surface area contributed by atoms with E-state index < -0.39 is 0 Å². The highest BCUT2D eigenvalue weighted by Gasteiger charge is 2.51. The van der Waals surface area contributed by atoms with Crippen LogP contribution in [0, 0.1) is 5.92 Å². The van der Waals surface area contributed by atoms with Crippen LogP contribution in [0.4, 0.5) is 4.79 Å². The van der Waals surface area contributed by atoms with E-state index in [0.29, 0.717) is 0 Å². The van der Waals surface area contributed by atoms with Crippen molar-refractivity contribution in [3.63, 3.8) is 0 Å². The van der Waals surface area contributed by atoms with Crippen molar-refractivity contribution in [1.29, 1.82) is 0 Å². The summed E-state index contributed by atoms with van der Waals surface area (Å²) < 4.78 is 5.56. The minimum atomic E-state index is -0.373. The standard InChI is InChI=1S/C21H31N5O3S/c1-24-18-16(20(27)25(2)21(24)28)19(30-13-12-26-10-6-7-11-26)23-17(22-18)14-8-4-5-9-15(14)29-3/h4-5,8-9,16-19,22-23H,6-7,10-13H2,1-3H3. The minimum Gasteiger partial charge on any atom is -0.496 e. The molecule has 4 unspecified atom stereocenters. The second-order valence-corrected chi connectivity index (χ2v) is 9.36. The average molecular weight is 434 g/mol. The highest BCUT2D eigenvalue weighted by atomic mass is 32.2. The molecule has 0 bridgehead atoms. The van der Waals surface area contributed by atoms with Crippen LogP contribution in [-0.4, -0.2) is 84.8 Å². The number of nitrogens with one attached hydrogen (secondary N) is 2. The summed E-state index contributed by atoms with van der Waals surface area (Å²) in [5.74, 6) is 1.22. The first-order valence-corrected chi connectivity index (χ1v) is 11.6. The fourth-order valence-electron chi connectivity index (χ4n) is 4.60. The van der Waals surface area contributed by atoms with E-state index in [1.165, 1.54) is 17.7 Å². The first-order chi connectivity index (χ1) is 14.5. The summed E-state index contributed by atoms with van der Waals surface area (Å²) in [6, 6.07) is 7.56. The maximum atomic E-state index is 13.1. The number of methoxy groups -OCH3 is 1. The normalized spacial score (nSPS) is 30.0. The summed E-state index contributed by atoms with van der Waals surface area (Å²) >= 11 is 1.77. The number of thioether (sulfide) groups is 1. The number of fused-ring (bicyclic) bond motifs is 1. The fraction of sp³-hybridized carbons (Fsp3) is 0.619. The Morgan fingerprint density at radius 3 is 2.60 bits per heavy atom. The molecule has 0 saturated carbocycles. The summed E-state index contributed by atoms with van der Waals surface area (Å²) in [5.41, 5.74) is 0.968. The van der Waals surface area contributed by atoms with E-state index in [4.69, 9.17) is 4.74 Å². The number of hydrogen-bond acceptors (Lipinski definition) is 7. The van der Waals surface area contributed by atoms with Gasteiger partial charge in [0.15, 0.2) is 0 Å². The monoisotopic (exact) mass is 433 g/mol. The molecule has 9 heteroatoms. The molecule has 8 nitrogen and oxygen atoms in total. The second kappa shape index (κ2) is 9.13. The number of likely N-dealkylation sites (tertiary alicyclic amines) is 1. The van der Waals surface area contributed by atoms with Crippen LogP contribution < -0.4 is 15.4 Å². The van der Waals surface area contributed by atoms with Gasteiger partial charge in [-0.2, -0.15) is 0 Å². The highest BCUT2D eigenvalue weighted by molar-refractivity contribution is 7.99. The SMILES string of the molecule is COc1ccccc1C1NC(SCCN2CCCC2)C2C(=O)N(C)C(=O)N(C)C2N1. The number of carbonyl (C=O) groups is 2. The predicted octanol–water partition coefficient (Wildman–Crippen LogP) is 1.51. The van der Waals surface area contributed by atoms with Crippen molar-refractivity contribution in [3.05, 3.63) is 29.8 Å². The molecule has 1 aromatic rings. The molecule has 0 aromatic heterocycles. The van der Waals surface area contributed by atoms with Gasteiger partial charge < -0.3 is 14.5 Å². The van der Waals surface area contributed by atoms with Crippen molar-refractivity contribution in [3.8, 4) is 5.75 Å². The van der Waals surface area contributed by atoms with Crippen LogP contribution in [0.5, 0.6) is 5.75 Å². The van der Waals surface area contributed by atoms with E-state index in [2.05, 4.69) is 15.5 Å². The van der Waals surface area contributed by atoms with Gasteiger partial charge in [0.05, 0.1) is 30.7 Å². The molecule has 3 aliphatic heterocycles. The molecule has 0 aliphatic carbocycles. The van der Waals surface area contributed by atoms with Crippen LogP contribution in [0.15, 0.2) is 24.3 Å². The van der Waals surface area contributed by atoms with E-state index in [0.717, 1.165) is 36.7 Å². The Balaban J connectivity index is 1.57. The summed E-state index contributed by atoms with van der Waals surface area (Å²) in [4.78, 5) is 31.0. The quantitative estimate of drug-likeness (QED) is 0.704. The van der Waals surface area contributed by atoms with E-state index in [1.54, 1.807) is 37.9 Å². The van der Waals surface area contributed by atoms with Crippen LogP contribution >= 0.6 is 11.8 Å². The summed E-state index contributed by atoms with van der Waals surface area (Å²) in [6.07, 6.45) is 1.94. The fourth-order valence-corrected chi connectivity index (χ4v) is 5.92. The van der Waals surface area contributed by atoms with Crippen LogP contribution in [0.25, 0.3) is 0 Å². The largest absolute Gasteiger partial charge is 0.496 e. The Morgan fingerprint density at radius 2 is 1.87 bits per heavy atom. The number of urea groups is 1. The van der Waals surface area contributed by atoms with E-state index in [1.807, 2.05) is 24.3 Å². The summed E-state index contributed by atoms with van der Waals surface area (Å²) in [7, 11) is 4.98. The molecule has 30 heavy (non-hydrogen) atoms. The topological polar surface area (TPSA) is 77.2 Å². The Labute approximate surface area is 182 Å². The third kappa shape index (κ3) is 4.03. The van der Waals surface area contributed by atoms with Crippen LogP contribution in [0.1, 0.15) is 24.6 Å². The Morgan fingerprint density at radius 1 is 1.13 bits per heavy atom.